The summed E-state index contributed by atoms with van der Waals surface area (Å²) in [5, 5.41) is 8.58. The molecule has 0 saturated heterocycles. The molecule has 2 rings (SSSR count). The maximum atomic E-state index is 8.58. The summed E-state index contributed by atoms with van der Waals surface area (Å²) in [5.41, 5.74) is 4.81. The van der Waals surface area contributed by atoms with Crippen LogP contribution in [-0.2, 0) is 6.54 Å². The van der Waals surface area contributed by atoms with Gasteiger partial charge in [0, 0.05) is 13.0 Å². The van der Waals surface area contributed by atoms with Gasteiger partial charge >= 0.3 is 0 Å². The van der Waals surface area contributed by atoms with Crippen LogP contribution in [0.1, 0.15) is 29.8 Å². The zero-order valence-electron chi connectivity index (χ0n) is 10.6. The summed E-state index contributed by atoms with van der Waals surface area (Å²) in [7, 11) is 0. The average Bonchev–Trinajstić information content (AvgIpc) is 2.57. The standard InChI is InChI=1S/C14H17N3/c1-10-8-13-14(9-11(10)2)17(12(3)16-13)7-5-4-6-15/h8-9H,4-5,7H2,1-3H3. The number of benzene rings is 1. The maximum Gasteiger partial charge on any atom is 0.106 e. The van der Waals surface area contributed by atoms with Crippen LogP contribution in [0.15, 0.2) is 12.1 Å². The van der Waals surface area contributed by atoms with Gasteiger partial charge in [0.15, 0.2) is 0 Å². The minimum atomic E-state index is 0.601. The van der Waals surface area contributed by atoms with Crippen molar-refractivity contribution >= 4 is 11.0 Å². The lowest BCUT2D eigenvalue weighted by Gasteiger charge is -2.06. The van der Waals surface area contributed by atoms with Gasteiger partial charge in [0.05, 0.1) is 17.1 Å². The third kappa shape index (κ3) is 2.16. The monoisotopic (exact) mass is 227 g/mol. The van der Waals surface area contributed by atoms with Crippen LogP contribution < -0.4 is 0 Å². The van der Waals surface area contributed by atoms with E-state index in [9.17, 15) is 0 Å². The SMILES string of the molecule is Cc1cc2nc(C)n(CCCC#N)c2cc1C. The van der Waals surface area contributed by atoms with Crippen molar-refractivity contribution in [3.8, 4) is 6.07 Å². The van der Waals surface area contributed by atoms with Gasteiger partial charge in [-0.05, 0) is 50.5 Å². The maximum absolute atomic E-state index is 8.58. The molecule has 0 atom stereocenters. The third-order valence-electron chi connectivity index (χ3n) is 3.22. The molecular formula is C14H17N3. The number of imidazole rings is 1. The highest BCUT2D eigenvalue weighted by atomic mass is 15.1. The highest BCUT2D eigenvalue weighted by Crippen LogP contribution is 2.21. The molecule has 0 aliphatic heterocycles. The second kappa shape index (κ2) is 4.58. The summed E-state index contributed by atoms with van der Waals surface area (Å²) in [6.07, 6.45) is 1.49. The molecule has 0 bridgehead atoms. The van der Waals surface area contributed by atoms with Crippen molar-refractivity contribution < 1.29 is 0 Å². The van der Waals surface area contributed by atoms with Crippen LogP contribution in [0.25, 0.3) is 11.0 Å². The largest absolute Gasteiger partial charge is 0.328 e. The number of nitrogens with zero attached hydrogens (tertiary/aromatic N) is 3. The van der Waals surface area contributed by atoms with E-state index in [0.29, 0.717) is 6.42 Å². The number of hydrogen-bond donors (Lipinski definition) is 0. The van der Waals surface area contributed by atoms with Gasteiger partial charge in [-0.2, -0.15) is 5.26 Å². The van der Waals surface area contributed by atoms with Gasteiger partial charge in [-0.3, -0.25) is 0 Å². The second-order valence-electron chi connectivity index (χ2n) is 4.50. The van der Waals surface area contributed by atoms with Gasteiger partial charge in [0.1, 0.15) is 5.82 Å². The summed E-state index contributed by atoms with van der Waals surface area (Å²) >= 11 is 0. The fourth-order valence-corrected chi connectivity index (χ4v) is 2.10. The average molecular weight is 227 g/mol. The lowest BCUT2D eigenvalue weighted by molar-refractivity contribution is 0.651. The topological polar surface area (TPSA) is 41.6 Å². The summed E-state index contributed by atoms with van der Waals surface area (Å²) in [5.74, 6) is 1.03. The number of aryl methyl sites for hydroxylation is 4. The zero-order chi connectivity index (χ0) is 12.4. The van der Waals surface area contributed by atoms with E-state index in [-0.39, 0.29) is 0 Å². The second-order valence-corrected chi connectivity index (χ2v) is 4.50. The van der Waals surface area contributed by atoms with Crippen LogP contribution in [0.5, 0.6) is 0 Å². The van der Waals surface area contributed by atoms with E-state index in [4.69, 9.17) is 5.26 Å². The van der Waals surface area contributed by atoms with Gasteiger partial charge in [-0.25, -0.2) is 4.98 Å². The van der Waals surface area contributed by atoms with Gasteiger partial charge < -0.3 is 4.57 Å². The molecule has 1 heterocycles. The van der Waals surface area contributed by atoms with Crippen LogP contribution in [0, 0.1) is 32.1 Å². The molecule has 0 saturated carbocycles. The summed E-state index contributed by atoms with van der Waals surface area (Å²) in [4.78, 5) is 4.57. The molecule has 1 aromatic carbocycles. The summed E-state index contributed by atoms with van der Waals surface area (Å²) in [6, 6.07) is 6.51. The van der Waals surface area contributed by atoms with Crippen molar-refractivity contribution in [3.05, 3.63) is 29.1 Å². The molecule has 88 valence electrons. The minimum Gasteiger partial charge on any atom is -0.328 e. The molecule has 3 heteroatoms. The van der Waals surface area contributed by atoms with Crippen LogP contribution in [0.2, 0.25) is 0 Å². The number of nitriles is 1. The first-order chi connectivity index (χ1) is 8.13. The Kier molecular flexibility index (Phi) is 3.14. The van der Waals surface area contributed by atoms with Crippen molar-refractivity contribution in [2.75, 3.05) is 0 Å². The van der Waals surface area contributed by atoms with Crippen LogP contribution >= 0.6 is 0 Å². The predicted octanol–water partition coefficient (Wildman–Crippen LogP) is 3.27. The minimum absolute atomic E-state index is 0.601. The number of unbranched alkanes of at least 4 members (excludes halogenated alkanes) is 1. The molecule has 3 nitrogen and oxygen atoms in total. The van der Waals surface area contributed by atoms with Crippen molar-refractivity contribution in [2.45, 2.75) is 40.2 Å². The van der Waals surface area contributed by atoms with Crippen molar-refractivity contribution in [1.82, 2.24) is 9.55 Å². The van der Waals surface area contributed by atoms with Gasteiger partial charge in [-0.1, -0.05) is 0 Å². The lowest BCUT2D eigenvalue weighted by atomic mass is 10.1. The summed E-state index contributed by atoms with van der Waals surface area (Å²) in [6.45, 7) is 7.13. The third-order valence-corrected chi connectivity index (χ3v) is 3.22. The van der Waals surface area contributed by atoms with E-state index < -0.39 is 0 Å². The fourth-order valence-electron chi connectivity index (χ4n) is 2.10. The lowest BCUT2D eigenvalue weighted by Crippen LogP contribution is -2.00. The highest BCUT2D eigenvalue weighted by Gasteiger charge is 2.08. The molecule has 2 aromatic rings. The van der Waals surface area contributed by atoms with Crippen molar-refractivity contribution in [1.29, 1.82) is 5.26 Å². The quantitative estimate of drug-likeness (QED) is 0.755. The van der Waals surface area contributed by atoms with E-state index in [1.807, 2.05) is 6.92 Å². The molecule has 17 heavy (non-hydrogen) atoms. The van der Waals surface area contributed by atoms with Crippen molar-refractivity contribution in [2.24, 2.45) is 0 Å². The Bertz CT molecular complexity index is 588. The van der Waals surface area contributed by atoms with Gasteiger partial charge in [0.2, 0.25) is 0 Å². The van der Waals surface area contributed by atoms with Crippen LogP contribution in [-0.4, -0.2) is 9.55 Å². The van der Waals surface area contributed by atoms with E-state index in [0.717, 1.165) is 24.3 Å². The van der Waals surface area contributed by atoms with Crippen LogP contribution in [0.4, 0.5) is 0 Å². The van der Waals surface area contributed by atoms with E-state index in [1.165, 1.54) is 16.6 Å². The van der Waals surface area contributed by atoms with E-state index in [2.05, 4.69) is 41.6 Å². The number of aromatic nitrogens is 2. The molecule has 0 N–H and O–H groups in total. The molecule has 1 aromatic heterocycles. The first-order valence-corrected chi connectivity index (χ1v) is 5.94. The molecule has 0 aliphatic rings. The Morgan fingerprint density at radius 3 is 2.65 bits per heavy atom. The van der Waals surface area contributed by atoms with Gasteiger partial charge in [-0.15, -0.1) is 0 Å². The molecular weight excluding hydrogens is 210 g/mol. The Labute approximate surface area is 102 Å². The van der Waals surface area contributed by atoms with E-state index >= 15 is 0 Å². The Hall–Kier alpha value is -1.82. The molecule has 0 spiro atoms. The first-order valence-electron chi connectivity index (χ1n) is 5.94. The van der Waals surface area contributed by atoms with E-state index in [1.54, 1.807) is 0 Å². The number of hydrogen-bond acceptors (Lipinski definition) is 2. The van der Waals surface area contributed by atoms with Gasteiger partial charge in [0.25, 0.3) is 0 Å². The number of rotatable bonds is 3. The Morgan fingerprint density at radius 2 is 1.94 bits per heavy atom. The molecule has 0 radical (unpaired) electrons. The number of fused-ring (bicyclic) bond motifs is 1. The summed E-state index contributed by atoms with van der Waals surface area (Å²) < 4.78 is 2.21. The zero-order valence-corrected chi connectivity index (χ0v) is 10.6. The molecule has 0 aliphatic carbocycles. The predicted molar refractivity (Wildman–Crippen MR) is 68.8 cm³/mol. The Morgan fingerprint density at radius 1 is 1.24 bits per heavy atom. The van der Waals surface area contributed by atoms with Crippen molar-refractivity contribution in [3.63, 3.8) is 0 Å². The molecule has 0 fully saturated rings. The highest BCUT2D eigenvalue weighted by molar-refractivity contribution is 5.78. The fraction of sp³-hybridized carbons (Fsp3) is 0.429. The normalized spacial score (nSPS) is 10.7. The molecule has 0 unspecified atom stereocenters. The first kappa shape index (κ1) is 11.7. The van der Waals surface area contributed by atoms with Crippen LogP contribution in [0.3, 0.4) is 0 Å². The smallest absolute Gasteiger partial charge is 0.106 e. The Balaban J connectivity index is 2.44. The molecule has 0 amide bonds.